The summed E-state index contributed by atoms with van der Waals surface area (Å²) in [5.74, 6) is 0.814. The minimum absolute atomic E-state index is 0.234. The van der Waals surface area contributed by atoms with Crippen molar-refractivity contribution in [2.45, 2.75) is 38.3 Å². The number of rotatable bonds is 2. The molecule has 4 nitrogen and oxygen atoms in total. The number of aliphatic carboxylic acids is 1. The highest BCUT2D eigenvalue weighted by Gasteiger charge is 2.48. The zero-order valence-corrected chi connectivity index (χ0v) is 10.5. The predicted molar refractivity (Wildman–Crippen MR) is 64.9 cm³/mol. The van der Waals surface area contributed by atoms with Gasteiger partial charge >= 0.3 is 5.97 Å². The first kappa shape index (κ1) is 11.5. The third kappa shape index (κ3) is 1.78. The smallest absolute Gasteiger partial charge is 0.320 e. The molecule has 0 spiro atoms. The number of likely N-dealkylation sites (tertiary alicyclic amines) is 1. The minimum Gasteiger partial charge on any atom is -0.480 e. The summed E-state index contributed by atoms with van der Waals surface area (Å²) in [5, 5.41) is 9.34. The van der Waals surface area contributed by atoms with Gasteiger partial charge in [-0.05, 0) is 50.7 Å². The van der Waals surface area contributed by atoms with Gasteiger partial charge in [-0.15, -0.1) is 0 Å². The molecule has 0 aromatic carbocycles. The molecule has 0 amide bonds. The van der Waals surface area contributed by atoms with Crippen molar-refractivity contribution >= 4 is 5.97 Å². The van der Waals surface area contributed by atoms with E-state index in [1.165, 1.54) is 25.9 Å². The third-order valence-corrected chi connectivity index (χ3v) is 5.19. The van der Waals surface area contributed by atoms with Gasteiger partial charge in [-0.2, -0.15) is 0 Å². The standard InChI is InChI=1S/C13H22N2O2/c1-2-14-8-12-10(7-11(14)13(16)17)9-3-5-15(12)6-4-9/h9-12H,2-8H2,1H3,(H,16,17). The molecule has 4 aliphatic heterocycles. The van der Waals surface area contributed by atoms with Crippen LogP contribution in [0, 0.1) is 11.8 Å². The molecule has 4 fully saturated rings. The van der Waals surface area contributed by atoms with Gasteiger partial charge in [0.05, 0.1) is 0 Å². The second-order valence-electron chi connectivity index (χ2n) is 5.78. The lowest BCUT2D eigenvalue weighted by Crippen LogP contribution is -2.64. The molecule has 4 heterocycles. The number of carbonyl (C=O) groups is 1. The summed E-state index contributed by atoms with van der Waals surface area (Å²) < 4.78 is 0. The lowest BCUT2D eigenvalue weighted by atomic mass is 9.69. The average Bonchev–Trinajstić information content (AvgIpc) is 2.38. The van der Waals surface area contributed by atoms with E-state index < -0.39 is 5.97 Å². The Morgan fingerprint density at radius 3 is 2.65 bits per heavy atom. The number of fused-ring (bicyclic) bond motifs is 2. The Balaban J connectivity index is 1.81. The van der Waals surface area contributed by atoms with Crippen molar-refractivity contribution < 1.29 is 9.90 Å². The zero-order valence-electron chi connectivity index (χ0n) is 10.5. The SMILES string of the molecule is CCN1CC2C(CC1C(=O)O)C1CCN2CC1. The summed E-state index contributed by atoms with van der Waals surface area (Å²) in [5.41, 5.74) is 0. The quantitative estimate of drug-likeness (QED) is 0.775. The first-order chi connectivity index (χ1) is 8.20. The highest BCUT2D eigenvalue weighted by molar-refractivity contribution is 5.73. The number of nitrogens with zero attached hydrogens (tertiary/aromatic N) is 2. The van der Waals surface area contributed by atoms with Crippen molar-refractivity contribution in [2.24, 2.45) is 11.8 Å². The molecule has 1 N–H and O–H groups in total. The largest absolute Gasteiger partial charge is 0.480 e. The van der Waals surface area contributed by atoms with Gasteiger partial charge in [0.1, 0.15) is 6.04 Å². The predicted octanol–water partition coefficient (Wildman–Crippen LogP) is 0.876. The number of hydrogen-bond donors (Lipinski definition) is 1. The van der Waals surface area contributed by atoms with Crippen LogP contribution in [-0.4, -0.2) is 59.1 Å². The van der Waals surface area contributed by atoms with Crippen LogP contribution < -0.4 is 0 Å². The molecular formula is C13H22N2O2. The van der Waals surface area contributed by atoms with Crippen LogP contribution in [0.2, 0.25) is 0 Å². The van der Waals surface area contributed by atoms with Gasteiger partial charge in [0.15, 0.2) is 0 Å². The molecule has 17 heavy (non-hydrogen) atoms. The molecule has 4 saturated heterocycles. The highest BCUT2D eigenvalue weighted by Crippen LogP contribution is 2.42. The Bertz CT molecular complexity index is 313. The van der Waals surface area contributed by atoms with E-state index >= 15 is 0 Å². The van der Waals surface area contributed by atoms with Crippen LogP contribution in [0.25, 0.3) is 0 Å². The maximum Gasteiger partial charge on any atom is 0.320 e. The van der Waals surface area contributed by atoms with Gasteiger partial charge in [0.2, 0.25) is 0 Å². The van der Waals surface area contributed by atoms with Gasteiger partial charge in [0, 0.05) is 12.6 Å². The van der Waals surface area contributed by atoms with Crippen LogP contribution in [0.15, 0.2) is 0 Å². The second-order valence-corrected chi connectivity index (χ2v) is 5.78. The van der Waals surface area contributed by atoms with E-state index in [0.29, 0.717) is 12.0 Å². The fourth-order valence-electron chi connectivity index (χ4n) is 4.25. The molecule has 0 aromatic heterocycles. The van der Waals surface area contributed by atoms with Crippen LogP contribution in [0.3, 0.4) is 0 Å². The van der Waals surface area contributed by atoms with Gasteiger partial charge in [-0.3, -0.25) is 14.6 Å². The van der Waals surface area contributed by atoms with Crippen LogP contribution in [0.5, 0.6) is 0 Å². The molecule has 3 unspecified atom stereocenters. The van der Waals surface area contributed by atoms with E-state index in [4.69, 9.17) is 0 Å². The topological polar surface area (TPSA) is 43.8 Å². The van der Waals surface area contributed by atoms with Crippen molar-refractivity contribution in [2.75, 3.05) is 26.2 Å². The van der Waals surface area contributed by atoms with Gasteiger partial charge in [-0.25, -0.2) is 0 Å². The Hall–Kier alpha value is -0.610. The van der Waals surface area contributed by atoms with Crippen LogP contribution >= 0.6 is 0 Å². The molecular weight excluding hydrogens is 216 g/mol. The first-order valence-corrected chi connectivity index (χ1v) is 6.91. The summed E-state index contributed by atoms with van der Waals surface area (Å²) in [4.78, 5) is 16.1. The molecule has 4 heteroatoms. The molecule has 0 aromatic rings. The Labute approximate surface area is 103 Å². The zero-order chi connectivity index (χ0) is 12.0. The summed E-state index contributed by atoms with van der Waals surface area (Å²) in [6.07, 6.45) is 3.45. The van der Waals surface area contributed by atoms with Gasteiger partial charge < -0.3 is 5.11 Å². The van der Waals surface area contributed by atoms with Crippen LogP contribution in [0.1, 0.15) is 26.2 Å². The number of likely N-dealkylation sites (N-methyl/N-ethyl adjacent to an activating group) is 1. The Morgan fingerprint density at radius 1 is 1.35 bits per heavy atom. The number of carboxylic acid groups (broad SMARTS) is 1. The van der Waals surface area contributed by atoms with E-state index in [-0.39, 0.29) is 6.04 Å². The minimum atomic E-state index is -0.623. The summed E-state index contributed by atoms with van der Waals surface area (Å²) in [7, 11) is 0. The molecule has 0 saturated carbocycles. The van der Waals surface area contributed by atoms with Crippen molar-refractivity contribution in [3.05, 3.63) is 0 Å². The molecule has 2 bridgehead atoms. The van der Waals surface area contributed by atoms with Crippen LogP contribution in [0.4, 0.5) is 0 Å². The van der Waals surface area contributed by atoms with E-state index in [1.807, 2.05) is 0 Å². The first-order valence-electron chi connectivity index (χ1n) is 6.91. The number of piperidine rings is 4. The third-order valence-electron chi connectivity index (χ3n) is 5.19. The molecule has 96 valence electrons. The maximum absolute atomic E-state index is 11.3. The summed E-state index contributed by atoms with van der Waals surface area (Å²) in [6, 6.07) is 0.403. The fourth-order valence-corrected chi connectivity index (χ4v) is 4.25. The fraction of sp³-hybridized carbons (Fsp3) is 0.923. The molecule has 4 rings (SSSR count). The van der Waals surface area contributed by atoms with Gasteiger partial charge in [0.25, 0.3) is 0 Å². The lowest BCUT2D eigenvalue weighted by molar-refractivity contribution is -0.150. The van der Waals surface area contributed by atoms with E-state index in [1.54, 1.807) is 0 Å². The van der Waals surface area contributed by atoms with Crippen molar-refractivity contribution in [1.82, 2.24) is 9.80 Å². The van der Waals surface area contributed by atoms with Crippen molar-refractivity contribution in [1.29, 1.82) is 0 Å². The van der Waals surface area contributed by atoms with E-state index in [9.17, 15) is 9.90 Å². The molecule has 4 aliphatic rings. The van der Waals surface area contributed by atoms with Crippen molar-refractivity contribution in [3.8, 4) is 0 Å². The average molecular weight is 238 g/mol. The monoisotopic (exact) mass is 238 g/mol. The van der Waals surface area contributed by atoms with Crippen LogP contribution in [-0.2, 0) is 4.79 Å². The molecule has 0 radical (unpaired) electrons. The maximum atomic E-state index is 11.3. The summed E-state index contributed by atoms with van der Waals surface area (Å²) >= 11 is 0. The number of carboxylic acids is 1. The normalized spacial score (nSPS) is 45.6. The lowest BCUT2D eigenvalue weighted by Gasteiger charge is -2.56. The Kier molecular flexibility index (Phi) is 2.87. The van der Waals surface area contributed by atoms with E-state index in [2.05, 4.69) is 16.7 Å². The molecule has 0 aliphatic carbocycles. The Morgan fingerprint density at radius 2 is 2.06 bits per heavy atom. The highest BCUT2D eigenvalue weighted by atomic mass is 16.4. The number of hydrogen-bond acceptors (Lipinski definition) is 3. The van der Waals surface area contributed by atoms with Crippen molar-refractivity contribution in [3.63, 3.8) is 0 Å². The molecule has 3 atom stereocenters. The summed E-state index contributed by atoms with van der Waals surface area (Å²) in [6.45, 7) is 6.38. The van der Waals surface area contributed by atoms with E-state index in [0.717, 1.165) is 25.4 Å². The second kappa shape index (κ2) is 4.25. The van der Waals surface area contributed by atoms with Gasteiger partial charge in [-0.1, -0.05) is 6.92 Å².